The molecule has 0 radical (unpaired) electrons. The number of fused-ring (bicyclic) bond motifs is 1. The highest BCUT2D eigenvalue weighted by molar-refractivity contribution is 7.20. The van der Waals surface area contributed by atoms with E-state index in [-0.39, 0.29) is 24.4 Å². The van der Waals surface area contributed by atoms with E-state index in [1.54, 1.807) is 4.90 Å². The Morgan fingerprint density at radius 2 is 1.73 bits per heavy atom. The van der Waals surface area contributed by atoms with Gasteiger partial charge in [0.2, 0.25) is 5.91 Å². The fourth-order valence-electron chi connectivity index (χ4n) is 4.41. The van der Waals surface area contributed by atoms with E-state index in [9.17, 15) is 9.59 Å². The number of hydrogen-bond acceptors (Lipinski definition) is 4. The molecule has 168 valence electrons. The number of rotatable bonds is 6. The lowest BCUT2D eigenvalue weighted by atomic mass is 10.2. The van der Waals surface area contributed by atoms with Gasteiger partial charge in [-0.3, -0.25) is 14.5 Å². The molecule has 2 aromatic heterocycles. The first-order valence-electron chi connectivity index (χ1n) is 11.3. The van der Waals surface area contributed by atoms with Crippen LogP contribution in [0.2, 0.25) is 0 Å². The molecule has 1 aliphatic carbocycles. The number of amides is 2. The molecule has 0 unspecified atom stereocenters. The zero-order valence-corrected chi connectivity index (χ0v) is 19.3. The Bertz CT molecular complexity index is 1270. The number of benzene rings is 2. The summed E-state index contributed by atoms with van der Waals surface area (Å²) in [4.78, 5) is 29.6. The largest absolute Gasteiger partial charge is 0.352 e. The number of para-hydroxylation sites is 2. The molecule has 0 aliphatic heterocycles. The second-order valence-electron chi connectivity index (χ2n) is 8.44. The molecule has 7 heteroatoms. The molecule has 2 aromatic carbocycles. The summed E-state index contributed by atoms with van der Waals surface area (Å²) in [7, 11) is 0. The highest BCUT2D eigenvalue weighted by Crippen LogP contribution is 2.32. The van der Waals surface area contributed by atoms with Crippen LogP contribution in [0.4, 0.5) is 5.69 Å². The van der Waals surface area contributed by atoms with Crippen molar-refractivity contribution in [2.75, 3.05) is 11.4 Å². The molecule has 2 heterocycles. The van der Waals surface area contributed by atoms with Gasteiger partial charge in [-0.1, -0.05) is 49.2 Å². The van der Waals surface area contributed by atoms with Crippen LogP contribution in [0.3, 0.4) is 0 Å². The van der Waals surface area contributed by atoms with Crippen LogP contribution in [-0.4, -0.2) is 34.2 Å². The number of carbonyl (C=O) groups excluding carboxylic acids is 2. The average molecular weight is 459 g/mol. The Morgan fingerprint density at radius 1 is 1.06 bits per heavy atom. The van der Waals surface area contributed by atoms with Crippen LogP contribution >= 0.6 is 11.3 Å². The van der Waals surface area contributed by atoms with Crippen LogP contribution in [0, 0.1) is 6.92 Å². The van der Waals surface area contributed by atoms with E-state index in [0.29, 0.717) is 10.6 Å². The Morgan fingerprint density at radius 3 is 2.42 bits per heavy atom. The average Bonchev–Trinajstić information content (AvgIpc) is 3.57. The van der Waals surface area contributed by atoms with Crippen molar-refractivity contribution in [3.05, 3.63) is 77.3 Å². The van der Waals surface area contributed by atoms with E-state index in [2.05, 4.69) is 10.4 Å². The second-order valence-corrected chi connectivity index (χ2v) is 9.47. The summed E-state index contributed by atoms with van der Waals surface area (Å²) in [6.45, 7) is 1.95. The zero-order chi connectivity index (χ0) is 22.8. The lowest BCUT2D eigenvalue weighted by Crippen LogP contribution is -2.43. The van der Waals surface area contributed by atoms with Gasteiger partial charge in [-0.15, -0.1) is 11.3 Å². The summed E-state index contributed by atoms with van der Waals surface area (Å²) >= 11 is 1.41. The maximum Gasteiger partial charge on any atom is 0.268 e. The lowest BCUT2D eigenvalue weighted by molar-refractivity contribution is -0.120. The molecule has 33 heavy (non-hydrogen) atoms. The summed E-state index contributed by atoms with van der Waals surface area (Å²) in [5, 5.41) is 8.72. The third kappa shape index (κ3) is 4.41. The second kappa shape index (κ2) is 9.19. The molecule has 2 amide bonds. The third-order valence-corrected chi connectivity index (χ3v) is 7.19. The lowest BCUT2D eigenvalue weighted by Gasteiger charge is -2.23. The van der Waals surface area contributed by atoms with Crippen molar-refractivity contribution >= 4 is 39.1 Å². The van der Waals surface area contributed by atoms with E-state index in [4.69, 9.17) is 0 Å². The first-order valence-corrected chi connectivity index (χ1v) is 12.1. The Hall–Kier alpha value is -3.45. The maximum atomic E-state index is 13.7. The molecular weight excluding hydrogens is 432 g/mol. The topological polar surface area (TPSA) is 67.2 Å². The van der Waals surface area contributed by atoms with E-state index in [1.807, 2.05) is 78.3 Å². The summed E-state index contributed by atoms with van der Waals surface area (Å²) in [5.41, 5.74) is 2.53. The van der Waals surface area contributed by atoms with Gasteiger partial charge in [0.15, 0.2) is 0 Å². The maximum absolute atomic E-state index is 13.7. The van der Waals surface area contributed by atoms with Gasteiger partial charge in [0.05, 0.1) is 16.3 Å². The number of aromatic nitrogens is 2. The Kier molecular flexibility index (Phi) is 5.96. The summed E-state index contributed by atoms with van der Waals surface area (Å²) in [6, 6.07) is 21.4. The Balaban J connectivity index is 1.46. The minimum Gasteiger partial charge on any atom is -0.352 e. The van der Waals surface area contributed by atoms with Crippen molar-refractivity contribution in [1.82, 2.24) is 15.1 Å². The first kappa shape index (κ1) is 21.4. The molecule has 1 N–H and O–H groups in total. The quantitative estimate of drug-likeness (QED) is 0.437. The molecule has 0 atom stereocenters. The molecule has 4 aromatic rings. The van der Waals surface area contributed by atoms with Crippen molar-refractivity contribution in [2.24, 2.45) is 0 Å². The standard InChI is InChI=1S/C26H26N4O2S/c1-18-22-16-23(33-26(22)30(28-18)21-14-6-3-7-15-21)25(32)29(20-12-4-2-5-13-20)17-24(31)27-19-10-8-9-11-19/h2-7,12-16,19H,8-11,17H2,1H3,(H,27,31). The number of nitrogens with one attached hydrogen (secondary N) is 1. The van der Waals surface area contributed by atoms with Crippen molar-refractivity contribution in [3.8, 4) is 5.69 Å². The van der Waals surface area contributed by atoms with Crippen LogP contribution < -0.4 is 10.2 Å². The molecule has 0 saturated heterocycles. The predicted molar refractivity (Wildman–Crippen MR) is 132 cm³/mol. The van der Waals surface area contributed by atoms with Crippen LogP contribution in [0.15, 0.2) is 66.7 Å². The van der Waals surface area contributed by atoms with Crippen molar-refractivity contribution in [3.63, 3.8) is 0 Å². The van der Waals surface area contributed by atoms with Gasteiger partial charge in [-0.2, -0.15) is 5.10 Å². The molecule has 1 aliphatic rings. The van der Waals surface area contributed by atoms with Gasteiger partial charge < -0.3 is 5.32 Å². The van der Waals surface area contributed by atoms with Crippen molar-refractivity contribution in [1.29, 1.82) is 0 Å². The van der Waals surface area contributed by atoms with Crippen LogP contribution in [-0.2, 0) is 4.79 Å². The number of carbonyl (C=O) groups is 2. The molecule has 5 rings (SSSR count). The van der Waals surface area contributed by atoms with Gasteiger partial charge in [0.1, 0.15) is 11.4 Å². The van der Waals surface area contributed by atoms with Gasteiger partial charge in [0, 0.05) is 17.1 Å². The monoisotopic (exact) mass is 458 g/mol. The SMILES string of the molecule is Cc1nn(-c2ccccc2)c2sc(C(=O)N(CC(=O)NC3CCCC3)c3ccccc3)cc12. The normalized spacial score (nSPS) is 14.0. The van der Waals surface area contributed by atoms with Gasteiger partial charge in [-0.05, 0) is 50.1 Å². The van der Waals surface area contributed by atoms with E-state index in [0.717, 1.165) is 47.3 Å². The van der Waals surface area contributed by atoms with Crippen LogP contribution in [0.5, 0.6) is 0 Å². The Labute approximate surface area is 196 Å². The van der Waals surface area contributed by atoms with Gasteiger partial charge in [-0.25, -0.2) is 4.68 Å². The number of nitrogens with zero attached hydrogens (tertiary/aromatic N) is 3. The van der Waals surface area contributed by atoms with E-state index in [1.165, 1.54) is 11.3 Å². The predicted octanol–water partition coefficient (Wildman–Crippen LogP) is 5.10. The number of anilines is 1. The zero-order valence-electron chi connectivity index (χ0n) is 18.5. The fourth-order valence-corrected chi connectivity index (χ4v) is 5.54. The number of thiophene rings is 1. The van der Waals surface area contributed by atoms with E-state index >= 15 is 0 Å². The minimum atomic E-state index is -0.178. The number of hydrogen-bond donors (Lipinski definition) is 1. The van der Waals surface area contributed by atoms with Gasteiger partial charge >= 0.3 is 0 Å². The third-order valence-electron chi connectivity index (χ3n) is 6.09. The summed E-state index contributed by atoms with van der Waals surface area (Å²) in [5.74, 6) is -0.296. The fraction of sp³-hybridized carbons (Fsp3) is 0.269. The van der Waals surface area contributed by atoms with Crippen LogP contribution in [0.25, 0.3) is 15.9 Å². The highest BCUT2D eigenvalue weighted by Gasteiger charge is 2.26. The first-order chi connectivity index (χ1) is 16.1. The molecule has 6 nitrogen and oxygen atoms in total. The number of aryl methyl sites for hydroxylation is 1. The van der Waals surface area contributed by atoms with Crippen LogP contribution in [0.1, 0.15) is 41.0 Å². The molecule has 0 bridgehead atoms. The minimum absolute atomic E-state index is 0.00259. The molecular formula is C26H26N4O2S. The van der Waals surface area contributed by atoms with Crippen molar-refractivity contribution in [2.45, 2.75) is 38.6 Å². The molecule has 1 saturated carbocycles. The molecule has 1 fully saturated rings. The summed E-state index contributed by atoms with van der Waals surface area (Å²) in [6.07, 6.45) is 4.31. The van der Waals surface area contributed by atoms with Gasteiger partial charge in [0.25, 0.3) is 5.91 Å². The molecule has 0 spiro atoms. The van der Waals surface area contributed by atoms with E-state index < -0.39 is 0 Å². The highest BCUT2D eigenvalue weighted by atomic mass is 32.1. The summed E-state index contributed by atoms with van der Waals surface area (Å²) < 4.78 is 1.88. The smallest absolute Gasteiger partial charge is 0.268 e. The van der Waals surface area contributed by atoms with Crippen molar-refractivity contribution < 1.29 is 9.59 Å².